The van der Waals surface area contributed by atoms with Crippen LogP contribution in [0.3, 0.4) is 0 Å². The second kappa shape index (κ2) is 7.68. The van der Waals surface area contributed by atoms with Crippen LogP contribution < -0.4 is 15.6 Å². The molecule has 0 aliphatic carbocycles. The average molecular weight is 330 g/mol. The van der Waals surface area contributed by atoms with Gasteiger partial charge in [-0.05, 0) is 41.1 Å². The van der Waals surface area contributed by atoms with Crippen molar-refractivity contribution >= 4 is 17.6 Å². The second-order valence-electron chi connectivity index (χ2n) is 4.65. The third-order valence-corrected chi connectivity index (χ3v) is 2.93. The number of aromatic nitrogens is 1. The van der Waals surface area contributed by atoms with Gasteiger partial charge in [-0.3, -0.25) is 20.4 Å². The van der Waals surface area contributed by atoms with Crippen molar-refractivity contribution in [3.63, 3.8) is 0 Å². The minimum absolute atomic E-state index is 0.139. The molecule has 2 amide bonds. The van der Waals surface area contributed by atoms with Gasteiger partial charge in [-0.15, -0.1) is 0 Å². The maximum atomic E-state index is 11.9. The minimum Gasteiger partial charge on any atom is -0.472 e. The summed E-state index contributed by atoms with van der Waals surface area (Å²) in [5, 5.41) is 10.9. The summed E-state index contributed by atoms with van der Waals surface area (Å²) in [6.45, 7) is 1.39. The van der Waals surface area contributed by atoms with Gasteiger partial charge in [0.25, 0.3) is 11.8 Å². The van der Waals surface area contributed by atoms with Gasteiger partial charge in [-0.1, -0.05) is 18.2 Å². The Balaban J connectivity index is 1.93. The number of hydrogen-bond donors (Lipinski definition) is 2. The van der Waals surface area contributed by atoms with E-state index in [4.69, 9.17) is 4.74 Å². The molecule has 2 aromatic rings. The number of nitro groups is 1. The van der Waals surface area contributed by atoms with Crippen molar-refractivity contribution in [3.8, 4) is 5.75 Å². The Morgan fingerprint density at radius 3 is 2.54 bits per heavy atom. The number of rotatable bonds is 5. The summed E-state index contributed by atoms with van der Waals surface area (Å²) in [4.78, 5) is 37.4. The molecule has 0 aliphatic rings. The Hall–Kier alpha value is -3.49. The predicted octanol–water partition coefficient (Wildman–Crippen LogP) is 1.22. The van der Waals surface area contributed by atoms with E-state index in [9.17, 15) is 19.7 Å². The number of carbonyl (C=O) groups excluding carboxylic acids is 2. The van der Waals surface area contributed by atoms with Crippen LogP contribution in [0, 0.1) is 10.1 Å². The van der Waals surface area contributed by atoms with Crippen molar-refractivity contribution in [1.29, 1.82) is 0 Å². The quantitative estimate of drug-likeness (QED) is 0.627. The Morgan fingerprint density at radius 2 is 1.88 bits per heavy atom. The molecular weight excluding hydrogens is 316 g/mol. The number of nitrogens with zero attached hydrogens (tertiary/aromatic N) is 2. The standard InChI is InChI=1S/C15H14N4O5/c1-10(24-12-8-5-9-16-13(12)19(22)23)14(20)17-18-15(21)11-6-3-2-4-7-11/h2-10H,1H3,(H,17,20)(H,18,21)/t10-/m1/s1. The van der Waals surface area contributed by atoms with Crippen LogP contribution >= 0.6 is 0 Å². The lowest BCUT2D eigenvalue weighted by Crippen LogP contribution is -2.47. The largest absolute Gasteiger partial charge is 0.472 e. The fraction of sp³-hybridized carbons (Fsp3) is 0.133. The summed E-state index contributed by atoms with van der Waals surface area (Å²) in [7, 11) is 0. The molecule has 9 heteroatoms. The first-order valence-corrected chi connectivity index (χ1v) is 6.90. The Morgan fingerprint density at radius 1 is 1.17 bits per heavy atom. The van der Waals surface area contributed by atoms with E-state index in [0.717, 1.165) is 0 Å². The molecule has 0 unspecified atom stereocenters. The van der Waals surface area contributed by atoms with E-state index in [0.29, 0.717) is 5.56 Å². The van der Waals surface area contributed by atoms with Gasteiger partial charge in [-0.2, -0.15) is 0 Å². The summed E-state index contributed by atoms with van der Waals surface area (Å²) >= 11 is 0. The molecule has 0 aliphatic heterocycles. The van der Waals surface area contributed by atoms with Crippen LogP contribution in [0.1, 0.15) is 17.3 Å². The van der Waals surface area contributed by atoms with Gasteiger partial charge in [0.05, 0.1) is 0 Å². The molecule has 24 heavy (non-hydrogen) atoms. The van der Waals surface area contributed by atoms with E-state index in [-0.39, 0.29) is 5.75 Å². The molecule has 0 spiro atoms. The molecule has 1 heterocycles. The zero-order valence-electron chi connectivity index (χ0n) is 12.6. The zero-order valence-corrected chi connectivity index (χ0v) is 12.6. The summed E-state index contributed by atoms with van der Waals surface area (Å²) in [5.74, 6) is -1.80. The van der Waals surface area contributed by atoms with Gasteiger partial charge < -0.3 is 14.9 Å². The second-order valence-corrected chi connectivity index (χ2v) is 4.65. The van der Waals surface area contributed by atoms with Gasteiger partial charge in [0.15, 0.2) is 6.10 Å². The highest BCUT2D eigenvalue weighted by molar-refractivity contribution is 5.95. The lowest BCUT2D eigenvalue weighted by atomic mass is 10.2. The zero-order chi connectivity index (χ0) is 17.5. The normalized spacial score (nSPS) is 11.2. The van der Waals surface area contributed by atoms with Crippen LogP contribution in [0.25, 0.3) is 0 Å². The fourth-order valence-corrected chi connectivity index (χ4v) is 1.74. The van der Waals surface area contributed by atoms with Crippen molar-refractivity contribution < 1.29 is 19.2 Å². The number of amides is 2. The summed E-state index contributed by atoms with van der Waals surface area (Å²) < 4.78 is 5.24. The molecule has 1 aromatic heterocycles. The first-order valence-electron chi connectivity index (χ1n) is 6.90. The fourth-order valence-electron chi connectivity index (χ4n) is 1.74. The van der Waals surface area contributed by atoms with Crippen molar-refractivity contribution in [1.82, 2.24) is 15.8 Å². The number of carbonyl (C=O) groups is 2. The van der Waals surface area contributed by atoms with E-state index < -0.39 is 28.7 Å². The van der Waals surface area contributed by atoms with Crippen LogP contribution in [-0.4, -0.2) is 27.8 Å². The van der Waals surface area contributed by atoms with Crippen molar-refractivity contribution in [2.24, 2.45) is 0 Å². The van der Waals surface area contributed by atoms with E-state index in [2.05, 4.69) is 15.8 Å². The smallest absolute Gasteiger partial charge is 0.406 e. The summed E-state index contributed by atoms with van der Waals surface area (Å²) in [5.41, 5.74) is 4.80. The van der Waals surface area contributed by atoms with Gasteiger partial charge in [0.2, 0.25) is 5.75 Å². The molecule has 2 rings (SSSR count). The highest BCUT2D eigenvalue weighted by atomic mass is 16.6. The van der Waals surface area contributed by atoms with Gasteiger partial charge in [0.1, 0.15) is 6.20 Å². The predicted molar refractivity (Wildman–Crippen MR) is 83.0 cm³/mol. The molecule has 2 N–H and O–H groups in total. The molecule has 124 valence electrons. The third-order valence-electron chi connectivity index (χ3n) is 2.93. The highest BCUT2D eigenvalue weighted by Crippen LogP contribution is 2.23. The van der Waals surface area contributed by atoms with Crippen LogP contribution in [0.15, 0.2) is 48.7 Å². The lowest BCUT2D eigenvalue weighted by molar-refractivity contribution is -0.390. The molecule has 1 atom stereocenters. The summed E-state index contributed by atoms with van der Waals surface area (Å²) in [6.07, 6.45) is 0.166. The summed E-state index contributed by atoms with van der Waals surface area (Å²) in [6, 6.07) is 11.1. The lowest BCUT2D eigenvalue weighted by Gasteiger charge is -2.14. The number of pyridine rings is 1. The van der Waals surface area contributed by atoms with Crippen molar-refractivity contribution in [2.75, 3.05) is 0 Å². The van der Waals surface area contributed by atoms with E-state index >= 15 is 0 Å². The van der Waals surface area contributed by atoms with E-state index in [1.807, 2.05) is 0 Å². The number of ether oxygens (including phenoxy) is 1. The maximum absolute atomic E-state index is 11.9. The topological polar surface area (TPSA) is 123 Å². The average Bonchev–Trinajstić information content (AvgIpc) is 2.60. The van der Waals surface area contributed by atoms with E-state index in [1.54, 1.807) is 30.3 Å². The Labute approximate surface area is 136 Å². The molecular formula is C15H14N4O5. The van der Waals surface area contributed by atoms with Crippen LogP contribution in [-0.2, 0) is 4.79 Å². The molecule has 9 nitrogen and oxygen atoms in total. The van der Waals surface area contributed by atoms with Crippen molar-refractivity contribution in [3.05, 3.63) is 64.3 Å². The highest BCUT2D eigenvalue weighted by Gasteiger charge is 2.22. The number of benzene rings is 1. The molecule has 0 radical (unpaired) electrons. The third kappa shape index (κ3) is 4.26. The number of hydrazine groups is 1. The van der Waals surface area contributed by atoms with Crippen LogP contribution in [0.2, 0.25) is 0 Å². The monoisotopic (exact) mass is 330 g/mol. The molecule has 0 fully saturated rings. The number of hydrogen-bond acceptors (Lipinski definition) is 6. The van der Waals surface area contributed by atoms with Crippen LogP contribution in [0.5, 0.6) is 5.75 Å². The Kier molecular flexibility index (Phi) is 5.40. The van der Waals surface area contributed by atoms with E-state index in [1.165, 1.54) is 25.3 Å². The van der Waals surface area contributed by atoms with Gasteiger partial charge in [-0.25, -0.2) is 0 Å². The first kappa shape index (κ1) is 16.9. The SMILES string of the molecule is C[C@@H](Oc1cccnc1[N+](=O)[O-])C(=O)NNC(=O)c1ccccc1. The Bertz CT molecular complexity index is 751. The van der Waals surface area contributed by atoms with Gasteiger partial charge >= 0.3 is 5.82 Å². The minimum atomic E-state index is -1.08. The molecule has 1 aromatic carbocycles. The maximum Gasteiger partial charge on any atom is 0.406 e. The van der Waals surface area contributed by atoms with Gasteiger partial charge in [0, 0.05) is 5.56 Å². The first-order chi connectivity index (χ1) is 11.5. The van der Waals surface area contributed by atoms with Crippen LogP contribution in [0.4, 0.5) is 5.82 Å². The molecule has 0 saturated heterocycles. The molecule has 0 bridgehead atoms. The number of nitrogens with one attached hydrogen (secondary N) is 2. The molecule has 0 saturated carbocycles. The van der Waals surface area contributed by atoms with Crippen molar-refractivity contribution in [2.45, 2.75) is 13.0 Å².